The molecule has 2 saturated heterocycles. The van der Waals surface area contributed by atoms with Gasteiger partial charge in [-0.05, 0) is 36.5 Å². The number of aliphatic hydroxyl groups is 1. The summed E-state index contributed by atoms with van der Waals surface area (Å²) >= 11 is 0. The van der Waals surface area contributed by atoms with Crippen LogP contribution in [0.4, 0.5) is 4.79 Å². The van der Waals surface area contributed by atoms with E-state index in [2.05, 4.69) is 4.98 Å². The van der Waals surface area contributed by atoms with Crippen LogP contribution in [-0.4, -0.2) is 85.9 Å². The lowest BCUT2D eigenvalue weighted by Gasteiger charge is -2.42. The van der Waals surface area contributed by atoms with Gasteiger partial charge in [0.25, 0.3) is 17.8 Å². The van der Waals surface area contributed by atoms with Crippen molar-refractivity contribution in [2.75, 3.05) is 26.7 Å². The maximum absolute atomic E-state index is 12.8. The molecular weight excluding hydrogens is 404 g/mol. The van der Waals surface area contributed by atoms with Crippen LogP contribution >= 0.6 is 0 Å². The second kappa shape index (κ2) is 9.86. The molecule has 3 heterocycles. The first-order valence-corrected chi connectivity index (χ1v) is 10.2. The fourth-order valence-corrected chi connectivity index (χ4v) is 3.91. The van der Waals surface area contributed by atoms with Crippen molar-refractivity contribution in [3.63, 3.8) is 0 Å². The van der Waals surface area contributed by atoms with Gasteiger partial charge in [-0.3, -0.25) is 24.3 Å². The van der Waals surface area contributed by atoms with Crippen molar-refractivity contribution in [1.29, 1.82) is 0 Å². The minimum Gasteiger partial charge on any atom is -0.481 e. The van der Waals surface area contributed by atoms with E-state index in [1.807, 2.05) is 13.8 Å². The number of amides is 4. The van der Waals surface area contributed by atoms with Crippen molar-refractivity contribution < 1.29 is 29.4 Å². The Labute approximate surface area is 181 Å². The number of likely N-dealkylation sites (tertiary alicyclic amines) is 1. The summed E-state index contributed by atoms with van der Waals surface area (Å²) in [6, 6.07) is 2.98. The summed E-state index contributed by atoms with van der Waals surface area (Å²) in [6.07, 6.45) is 2.34. The highest BCUT2D eigenvalue weighted by Gasteiger charge is 2.57. The normalized spacial score (nSPS) is 17.8. The molecule has 1 aromatic rings. The topological polar surface area (TPSA) is 131 Å². The Morgan fingerprint density at radius 3 is 2.32 bits per heavy atom. The van der Waals surface area contributed by atoms with Crippen LogP contribution in [0.3, 0.4) is 0 Å². The van der Waals surface area contributed by atoms with Crippen molar-refractivity contribution in [2.45, 2.75) is 45.8 Å². The number of hydrogen-bond donors (Lipinski definition) is 2. The molecule has 31 heavy (non-hydrogen) atoms. The van der Waals surface area contributed by atoms with Crippen LogP contribution < -0.4 is 0 Å². The van der Waals surface area contributed by atoms with Gasteiger partial charge in [0.05, 0.1) is 6.61 Å². The van der Waals surface area contributed by atoms with Crippen LogP contribution in [0.5, 0.6) is 0 Å². The van der Waals surface area contributed by atoms with Gasteiger partial charge < -0.3 is 20.0 Å². The first-order chi connectivity index (χ1) is 14.5. The van der Waals surface area contributed by atoms with Gasteiger partial charge in [-0.15, -0.1) is 0 Å². The number of aliphatic carboxylic acids is 1. The molecule has 10 heteroatoms. The molecule has 3 rings (SSSR count). The fraction of sp³-hybridized carbons (Fsp3) is 0.571. The van der Waals surface area contributed by atoms with E-state index in [9.17, 15) is 19.5 Å². The zero-order chi connectivity index (χ0) is 23.3. The van der Waals surface area contributed by atoms with Gasteiger partial charge in [-0.25, -0.2) is 4.79 Å². The van der Waals surface area contributed by atoms with E-state index in [1.54, 1.807) is 21.9 Å². The smallest absolute Gasteiger partial charge is 0.327 e. The van der Waals surface area contributed by atoms with Crippen molar-refractivity contribution >= 4 is 23.8 Å². The molecule has 170 valence electrons. The van der Waals surface area contributed by atoms with Crippen LogP contribution in [0, 0.1) is 5.92 Å². The standard InChI is InChI=1S/C19H26N4O4.C2H4O2/c1-13(2)11-23-18(27)21(3)17(26)19(23)5-8-22(9-6-19)16(25)15-10-14(12-24)4-7-20-15;1-2(3)4/h4,7,10,13,24H,5-6,8-9,11-12H2,1-3H3;1H3,(H,3,4). The molecule has 0 bridgehead atoms. The number of hydrogen-bond acceptors (Lipinski definition) is 6. The highest BCUT2D eigenvalue weighted by Crippen LogP contribution is 2.37. The molecule has 1 aromatic heterocycles. The zero-order valence-corrected chi connectivity index (χ0v) is 18.4. The minimum absolute atomic E-state index is 0.154. The van der Waals surface area contributed by atoms with E-state index in [0.717, 1.165) is 6.92 Å². The Hall–Kier alpha value is -3.01. The summed E-state index contributed by atoms with van der Waals surface area (Å²) in [4.78, 5) is 55.8. The Bertz CT molecular complexity index is 844. The number of aliphatic hydroxyl groups excluding tert-OH is 1. The molecule has 2 aliphatic heterocycles. The summed E-state index contributed by atoms with van der Waals surface area (Å²) < 4.78 is 0. The molecule has 4 amide bonds. The molecule has 0 aromatic carbocycles. The molecule has 1 spiro atoms. The van der Waals surface area contributed by atoms with Gasteiger partial charge in [0.1, 0.15) is 11.2 Å². The zero-order valence-electron chi connectivity index (χ0n) is 18.4. The average molecular weight is 434 g/mol. The van der Waals surface area contributed by atoms with E-state index in [1.165, 1.54) is 18.1 Å². The van der Waals surface area contributed by atoms with Crippen molar-refractivity contribution in [2.24, 2.45) is 5.92 Å². The number of rotatable bonds is 4. The molecule has 0 unspecified atom stereocenters. The van der Waals surface area contributed by atoms with E-state index in [-0.39, 0.29) is 36.1 Å². The predicted octanol–water partition coefficient (Wildman–Crippen LogP) is 1.19. The Morgan fingerprint density at radius 1 is 1.23 bits per heavy atom. The monoisotopic (exact) mass is 434 g/mol. The fourth-order valence-electron chi connectivity index (χ4n) is 3.91. The quantitative estimate of drug-likeness (QED) is 0.681. The summed E-state index contributed by atoms with van der Waals surface area (Å²) in [6.45, 7) is 6.24. The molecule has 0 radical (unpaired) electrons. The Balaban J connectivity index is 0.000000785. The van der Waals surface area contributed by atoms with E-state index < -0.39 is 11.5 Å². The third-order valence-corrected chi connectivity index (χ3v) is 5.39. The van der Waals surface area contributed by atoms with Gasteiger partial charge in [-0.2, -0.15) is 0 Å². The lowest BCUT2D eigenvalue weighted by Crippen LogP contribution is -2.58. The third-order valence-electron chi connectivity index (χ3n) is 5.39. The number of likely N-dealkylation sites (N-methyl/N-ethyl adjacent to an activating group) is 1. The number of urea groups is 1. The number of piperidine rings is 1. The lowest BCUT2D eigenvalue weighted by atomic mass is 9.85. The van der Waals surface area contributed by atoms with E-state index in [4.69, 9.17) is 9.90 Å². The summed E-state index contributed by atoms with van der Waals surface area (Å²) in [5.74, 6) is -0.989. The summed E-state index contributed by atoms with van der Waals surface area (Å²) in [5.41, 5.74) is 0.0541. The Kier molecular flexibility index (Phi) is 7.72. The predicted molar refractivity (Wildman–Crippen MR) is 111 cm³/mol. The molecule has 2 fully saturated rings. The van der Waals surface area contributed by atoms with Crippen LogP contribution in [0.1, 0.15) is 49.7 Å². The molecule has 10 nitrogen and oxygen atoms in total. The number of aromatic nitrogens is 1. The first kappa shape index (κ1) is 24.3. The van der Waals surface area contributed by atoms with Gasteiger partial charge in [-0.1, -0.05) is 13.8 Å². The number of carboxylic acids is 1. The molecular formula is C21H30N4O6. The van der Waals surface area contributed by atoms with Crippen molar-refractivity contribution in [3.05, 3.63) is 29.6 Å². The third kappa shape index (κ3) is 5.19. The van der Waals surface area contributed by atoms with Crippen LogP contribution in [-0.2, 0) is 16.2 Å². The lowest BCUT2D eigenvalue weighted by molar-refractivity contribution is -0.135. The van der Waals surface area contributed by atoms with Gasteiger partial charge in [0.15, 0.2) is 0 Å². The molecule has 0 aliphatic carbocycles. The number of carbonyl (C=O) groups is 4. The number of nitrogens with zero attached hydrogens (tertiary/aromatic N) is 4. The molecule has 0 saturated carbocycles. The van der Waals surface area contributed by atoms with Crippen molar-refractivity contribution in [3.8, 4) is 0 Å². The van der Waals surface area contributed by atoms with Gasteiger partial charge >= 0.3 is 6.03 Å². The second-order valence-corrected chi connectivity index (χ2v) is 8.20. The number of carbonyl (C=O) groups excluding carboxylic acids is 3. The van der Waals surface area contributed by atoms with Crippen LogP contribution in [0.25, 0.3) is 0 Å². The van der Waals surface area contributed by atoms with E-state index in [0.29, 0.717) is 38.0 Å². The number of carboxylic acid groups (broad SMARTS) is 1. The largest absolute Gasteiger partial charge is 0.481 e. The number of imide groups is 1. The molecule has 2 aliphatic rings. The highest BCUT2D eigenvalue weighted by molar-refractivity contribution is 6.07. The van der Waals surface area contributed by atoms with Gasteiger partial charge in [0, 0.05) is 39.8 Å². The summed E-state index contributed by atoms with van der Waals surface area (Å²) in [7, 11) is 1.52. The average Bonchev–Trinajstić information content (AvgIpc) is 2.89. The maximum Gasteiger partial charge on any atom is 0.327 e. The second-order valence-electron chi connectivity index (χ2n) is 8.20. The first-order valence-electron chi connectivity index (χ1n) is 10.2. The molecule has 2 N–H and O–H groups in total. The number of pyridine rings is 1. The summed E-state index contributed by atoms with van der Waals surface area (Å²) in [5, 5.41) is 16.7. The minimum atomic E-state index is -0.854. The Morgan fingerprint density at radius 2 is 1.81 bits per heavy atom. The van der Waals surface area contributed by atoms with Gasteiger partial charge in [0.2, 0.25) is 0 Å². The van der Waals surface area contributed by atoms with Crippen LogP contribution in [0.2, 0.25) is 0 Å². The van der Waals surface area contributed by atoms with Crippen molar-refractivity contribution in [1.82, 2.24) is 19.7 Å². The molecule has 0 atom stereocenters. The highest BCUT2D eigenvalue weighted by atomic mass is 16.4. The van der Waals surface area contributed by atoms with E-state index >= 15 is 0 Å². The van der Waals surface area contributed by atoms with Crippen LogP contribution in [0.15, 0.2) is 18.3 Å². The SMILES string of the molecule is CC(=O)O.CC(C)CN1C(=O)N(C)C(=O)C12CCN(C(=O)c1cc(CO)ccn1)CC2. The maximum atomic E-state index is 12.8.